The van der Waals surface area contributed by atoms with Crippen LogP contribution in [0.5, 0.6) is 0 Å². The zero-order valence-electron chi connectivity index (χ0n) is 16.5. The van der Waals surface area contributed by atoms with E-state index in [0.717, 1.165) is 5.56 Å². The second-order valence-corrected chi connectivity index (χ2v) is 6.57. The predicted molar refractivity (Wildman–Crippen MR) is 113 cm³/mol. The Bertz CT molecular complexity index is 944. The number of nitrogens with one attached hydrogen (secondary N) is 2. The number of amides is 3. The van der Waals surface area contributed by atoms with Crippen LogP contribution in [-0.2, 0) is 20.9 Å². The second kappa shape index (κ2) is 9.55. The van der Waals surface area contributed by atoms with Crippen molar-refractivity contribution in [3.05, 3.63) is 60.2 Å². The molecule has 0 saturated carbocycles. The zero-order chi connectivity index (χ0) is 21.5. The summed E-state index contributed by atoms with van der Waals surface area (Å²) in [7, 11) is 0. The van der Waals surface area contributed by atoms with Crippen molar-refractivity contribution in [3.8, 4) is 0 Å². The first kappa shape index (κ1) is 20.8. The molecule has 4 N–H and O–H groups in total. The number of ether oxygens (including phenoxy) is 1. The molecule has 30 heavy (non-hydrogen) atoms. The molecule has 0 saturated heterocycles. The van der Waals surface area contributed by atoms with Crippen LogP contribution < -0.4 is 21.4 Å². The van der Waals surface area contributed by atoms with Gasteiger partial charge in [0.1, 0.15) is 11.8 Å². The molecule has 1 aliphatic rings. The molecule has 2 aromatic carbocycles. The number of urea groups is 1. The van der Waals surface area contributed by atoms with Crippen molar-refractivity contribution in [2.45, 2.75) is 25.9 Å². The van der Waals surface area contributed by atoms with Crippen LogP contribution in [0.1, 0.15) is 18.9 Å². The number of hydrazone groups is 1. The van der Waals surface area contributed by atoms with Gasteiger partial charge in [0.05, 0.1) is 12.3 Å². The van der Waals surface area contributed by atoms with E-state index in [4.69, 9.17) is 10.5 Å². The lowest BCUT2D eigenvalue weighted by Gasteiger charge is -2.22. The average molecular weight is 409 g/mol. The molecule has 1 heterocycles. The minimum Gasteiger partial charge on any atom is -0.461 e. The Morgan fingerprint density at radius 2 is 1.83 bits per heavy atom. The maximum atomic E-state index is 12.9. The van der Waals surface area contributed by atoms with Gasteiger partial charge < -0.3 is 21.1 Å². The maximum Gasteiger partial charge on any atom is 0.354 e. The standard InChI is InChI=1S/C21H23N5O4/c1-2-30-20(28)17-12-18(26(25-17)16-6-4-3-5-7-16)19(27)23-13-14-8-10-15(11-9-14)24-21(22)29/h3-11,18H,2,12-13H2,1H3,(H,23,27)(H3,22,24,29). The van der Waals surface area contributed by atoms with Crippen molar-refractivity contribution in [1.29, 1.82) is 0 Å². The minimum absolute atomic E-state index is 0.154. The normalized spacial score (nSPS) is 15.3. The molecule has 3 rings (SSSR count). The third kappa shape index (κ3) is 5.13. The van der Waals surface area contributed by atoms with Gasteiger partial charge in [0, 0.05) is 18.7 Å². The fourth-order valence-electron chi connectivity index (χ4n) is 3.03. The summed E-state index contributed by atoms with van der Waals surface area (Å²) < 4.78 is 5.04. The van der Waals surface area contributed by atoms with E-state index in [1.807, 2.05) is 30.3 Å². The number of esters is 1. The highest BCUT2D eigenvalue weighted by Gasteiger charge is 2.36. The van der Waals surface area contributed by atoms with Crippen LogP contribution in [0.3, 0.4) is 0 Å². The smallest absolute Gasteiger partial charge is 0.354 e. The summed E-state index contributed by atoms with van der Waals surface area (Å²) in [6.45, 7) is 2.24. The lowest BCUT2D eigenvalue weighted by atomic mass is 10.1. The Balaban J connectivity index is 1.68. The van der Waals surface area contributed by atoms with E-state index in [0.29, 0.717) is 11.4 Å². The van der Waals surface area contributed by atoms with Crippen LogP contribution in [0, 0.1) is 0 Å². The molecule has 1 unspecified atom stereocenters. The summed E-state index contributed by atoms with van der Waals surface area (Å²) in [5.74, 6) is -0.785. The Morgan fingerprint density at radius 1 is 1.13 bits per heavy atom. The van der Waals surface area contributed by atoms with Gasteiger partial charge in [-0.1, -0.05) is 30.3 Å². The molecule has 9 nitrogen and oxygen atoms in total. The van der Waals surface area contributed by atoms with Crippen molar-refractivity contribution >= 4 is 35.0 Å². The number of carbonyl (C=O) groups is 3. The molecular formula is C21H23N5O4. The highest BCUT2D eigenvalue weighted by atomic mass is 16.5. The second-order valence-electron chi connectivity index (χ2n) is 6.57. The summed E-state index contributed by atoms with van der Waals surface area (Å²) in [6.07, 6.45) is 0.154. The molecule has 0 bridgehead atoms. The Kier molecular flexibility index (Phi) is 6.63. The van der Waals surface area contributed by atoms with Gasteiger partial charge >= 0.3 is 12.0 Å². The number of para-hydroxylation sites is 1. The number of anilines is 2. The molecule has 1 aliphatic heterocycles. The topological polar surface area (TPSA) is 126 Å². The third-order valence-corrected chi connectivity index (χ3v) is 4.43. The van der Waals surface area contributed by atoms with E-state index in [2.05, 4.69) is 15.7 Å². The number of benzene rings is 2. The molecular weight excluding hydrogens is 386 g/mol. The van der Waals surface area contributed by atoms with Crippen LogP contribution in [0.2, 0.25) is 0 Å². The fraction of sp³-hybridized carbons (Fsp3) is 0.238. The molecule has 0 aliphatic carbocycles. The van der Waals surface area contributed by atoms with Gasteiger partial charge in [-0.2, -0.15) is 5.10 Å². The zero-order valence-corrected chi connectivity index (χ0v) is 16.5. The first-order valence-electron chi connectivity index (χ1n) is 9.50. The lowest BCUT2D eigenvalue weighted by Crippen LogP contribution is -2.42. The first-order valence-corrected chi connectivity index (χ1v) is 9.50. The Labute approximate surface area is 173 Å². The van der Waals surface area contributed by atoms with Crippen LogP contribution in [-0.4, -0.2) is 36.3 Å². The number of nitrogens with zero attached hydrogens (tertiary/aromatic N) is 2. The van der Waals surface area contributed by atoms with Gasteiger partial charge in [0.25, 0.3) is 0 Å². The van der Waals surface area contributed by atoms with Crippen LogP contribution in [0.25, 0.3) is 0 Å². The molecule has 2 aromatic rings. The summed E-state index contributed by atoms with van der Waals surface area (Å²) in [6, 6.07) is 14.8. The largest absolute Gasteiger partial charge is 0.461 e. The van der Waals surface area contributed by atoms with Gasteiger partial charge in [-0.25, -0.2) is 9.59 Å². The summed E-state index contributed by atoms with van der Waals surface area (Å²) in [4.78, 5) is 35.9. The number of rotatable bonds is 7. The van der Waals surface area contributed by atoms with E-state index < -0.39 is 18.0 Å². The predicted octanol–water partition coefficient (Wildman–Crippen LogP) is 1.99. The Morgan fingerprint density at radius 3 is 2.47 bits per heavy atom. The summed E-state index contributed by atoms with van der Waals surface area (Å²) in [5, 5.41) is 11.2. The molecule has 3 amide bonds. The highest BCUT2D eigenvalue weighted by Crippen LogP contribution is 2.25. The van der Waals surface area contributed by atoms with Crippen LogP contribution >= 0.6 is 0 Å². The van der Waals surface area contributed by atoms with Gasteiger partial charge in [0.15, 0.2) is 0 Å². The van der Waals surface area contributed by atoms with Crippen LogP contribution in [0.15, 0.2) is 59.7 Å². The molecule has 1 atom stereocenters. The van der Waals surface area contributed by atoms with Crippen molar-refractivity contribution < 1.29 is 19.1 Å². The number of hydrogen-bond acceptors (Lipinski definition) is 6. The molecule has 0 aromatic heterocycles. The Hall–Kier alpha value is -3.88. The quantitative estimate of drug-likeness (QED) is 0.603. The number of carbonyl (C=O) groups excluding carboxylic acids is 3. The number of primary amides is 1. The van der Waals surface area contributed by atoms with E-state index in [-0.39, 0.29) is 31.2 Å². The summed E-state index contributed by atoms with van der Waals surface area (Å²) in [5.41, 5.74) is 7.41. The van der Waals surface area contributed by atoms with Crippen molar-refractivity contribution in [2.75, 3.05) is 16.9 Å². The van der Waals surface area contributed by atoms with Gasteiger partial charge in [-0.05, 0) is 36.8 Å². The van der Waals surface area contributed by atoms with E-state index in [9.17, 15) is 14.4 Å². The molecule has 9 heteroatoms. The highest BCUT2D eigenvalue weighted by molar-refractivity contribution is 6.38. The SMILES string of the molecule is CCOC(=O)C1=NN(c2ccccc2)C(C(=O)NCc2ccc(NC(N)=O)cc2)C1. The van der Waals surface area contributed by atoms with Crippen LogP contribution in [0.4, 0.5) is 16.2 Å². The first-order chi connectivity index (χ1) is 14.5. The number of hydrogen-bond donors (Lipinski definition) is 3. The van der Waals surface area contributed by atoms with E-state index >= 15 is 0 Å². The monoisotopic (exact) mass is 409 g/mol. The van der Waals surface area contributed by atoms with Gasteiger partial charge in [-0.15, -0.1) is 0 Å². The summed E-state index contributed by atoms with van der Waals surface area (Å²) >= 11 is 0. The molecule has 156 valence electrons. The van der Waals surface area contributed by atoms with E-state index in [1.54, 1.807) is 36.2 Å². The lowest BCUT2D eigenvalue weighted by molar-refractivity contribution is -0.135. The number of nitrogens with two attached hydrogens (primary N) is 1. The van der Waals surface area contributed by atoms with Gasteiger partial charge in [-0.3, -0.25) is 9.80 Å². The molecule has 0 radical (unpaired) electrons. The fourth-order valence-corrected chi connectivity index (χ4v) is 3.03. The molecule has 0 fully saturated rings. The maximum absolute atomic E-state index is 12.9. The average Bonchev–Trinajstić information content (AvgIpc) is 3.19. The third-order valence-electron chi connectivity index (χ3n) is 4.43. The van der Waals surface area contributed by atoms with Crippen molar-refractivity contribution in [3.63, 3.8) is 0 Å². The van der Waals surface area contributed by atoms with Crippen molar-refractivity contribution in [2.24, 2.45) is 10.8 Å². The minimum atomic E-state index is -0.664. The van der Waals surface area contributed by atoms with Crippen molar-refractivity contribution in [1.82, 2.24) is 5.32 Å². The molecule has 0 spiro atoms. The van der Waals surface area contributed by atoms with Gasteiger partial charge in [0.2, 0.25) is 5.91 Å². The van der Waals surface area contributed by atoms with E-state index in [1.165, 1.54) is 0 Å².